The first kappa shape index (κ1) is 20.1. The lowest BCUT2D eigenvalue weighted by atomic mass is 9.92. The monoisotopic (exact) mass is 443 g/mol. The number of carbonyl (C=O) groups is 3. The lowest BCUT2D eigenvalue weighted by Gasteiger charge is -2.22. The predicted octanol–water partition coefficient (Wildman–Crippen LogP) is 2.97. The van der Waals surface area contributed by atoms with Crippen molar-refractivity contribution in [3.05, 3.63) is 70.2 Å². The quantitative estimate of drug-likeness (QED) is 0.509. The highest BCUT2D eigenvalue weighted by Gasteiger charge is 2.49. The van der Waals surface area contributed by atoms with Crippen molar-refractivity contribution < 1.29 is 14.4 Å². The van der Waals surface area contributed by atoms with Crippen LogP contribution in [-0.2, 0) is 21.5 Å². The van der Waals surface area contributed by atoms with E-state index in [1.807, 2.05) is 36.4 Å². The Morgan fingerprint density at radius 2 is 1.89 bits per heavy atom. The Morgan fingerprint density at radius 1 is 1.14 bits per heavy atom. The number of hydrogen-bond donors (Lipinski definition) is 2. The van der Waals surface area contributed by atoms with E-state index in [4.69, 9.17) is 0 Å². The van der Waals surface area contributed by atoms with Gasteiger partial charge in [0.25, 0.3) is 5.91 Å². The first-order valence-electron chi connectivity index (χ1n) is 9.11. The Labute approximate surface area is 172 Å². The SMILES string of the molecule is C[C@@]1(c2cccc(Br)c2)NC(=O)N(CC(=O)NCCCc2ccccc2)C1=O. The van der Waals surface area contributed by atoms with Crippen molar-refractivity contribution in [2.45, 2.75) is 25.3 Å². The number of hydrogen-bond acceptors (Lipinski definition) is 3. The van der Waals surface area contributed by atoms with Gasteiger partial charge in [-0.2, -0.15) is 0 Å². The second-order valence-electron chi connectivity index (χ2n) is 6.90. The van der Waals surface area contributed by atoms with Crippen molar-refractivity contribution in [3.8, 4) is 0 Å². The minimum Gasteiger partial charge on any atom is -0.355 e. The molecule has 1 saturated heterocycles. The van der Waals surface area contributed by atoms with Gasteiger partial charge in [0.05, 0.1) is 0 Å². The first-order chi connectivity index (χ1) is 13.4. The Morgan fingerprint density at radius 3 is 2.61 bits per heavy atom. The molecule has 0 aliphatic carbocycles. The molecule has 4 amide bonds. The number of carbonyl (C=O) groups excluding carboxylic acids is 3. The number of nitrogens with zero attached hydrogens (tertiary/aromatic N) is 1. The van der Waals surface area contributed by atoms with E-state index >= 15 is 0 Å². The summed E-state index contributed by atoms with van der Waals surface area (Å²) in [6, 6.07) is 16.6. The number of imide groups is 1. The summed E-state index contributed by atoms with van der Waals surface area (Å²) < 4.78 is 0.808. The van der Waals surface area contributed by atoms with Crippen molar-refractivity contribution in [1.82, 2.24) is 15.5 Å². The molecule has 0 unspecified atom stereocenters. The van der Waals surface area contributed by atoms with Gasteiger partial charge in [-0.05, 0) is 43.0 Å². The highest BCUT2D eigenvalue weighted by molar-refractivity contribution is 9.10. The maximum Gasteiger partial charge on any atom is 0.325 e. The van der Waals surface area contributed by atoms with Crippen LogP contribution >= 0.6 is 15.9 Å². The Balaban J connectivity index is 1.54. The van der Waals surface area contributed by atoms with E-state index in [9.17, 15) is 14.4 Å². The molecule has 0 radical (unpaired) electrons. The number of halogens is 1. The number of amides is 4. The van der Waals surface area contributed by atoms with Crippen molar-refractivity contribution in [2.75, 3.05) is 13.1 Å². The third-order valence-corrected chi connectivity index (χ3v) is 5.28. The number of urea groups is 1. The second kappa shape index (κ2) is 8.56. The van der Waals surface area contributed by atoms with Gasteiger partial charge in [0.2, 0.25) is 5.91 Å². The zero-order valence-electron chi connectivity index (χ0n) is 15.6. The minimum absolute atomic E-state index is 0.292. The Hall–Kier alpha value is -2.67. The molecule has 1 heterocycles. The summed E-state index contributed by atoms with van der Waals surface area (Å²) in [4.78, 5) is 38.3. The molecule has 2 aromatic carbocycles. The van der Waals surface area contributed by atoms with Gasteiger partial charge >= 0.3 is 6.03 Å². The fourth-order valence-corrected chi connectivity index (χ4v) is 3.60. The standard InChI is InChI=1S/C21H22BrN3O3/c1-21(16-10-5-11-17(22)13-16)19(27)25(20(28)24-21)14-18(26)23-12-6-9-15-7-3-2-4-8-15/h2-5,7-8,10-11,13H,6,9,12,14H2,1H3,(H,23,26)(H,24,28)/t21-/m0/s1. The third-order valence-electron chi connectivity index (χ3n) is 4.79. The molecule has 0 spiro atoms. The Kier molecular flexibility index (Phi) is 6.14. The fraction of sp³-hybridized carbons (Fsp3) is 0.286. The van der Waals surface area contributed by atoms with Crippen LogP contribution in [0, 0.1) is 0 Å². The van der Waals surface area contributed by atoms with Crippen LogP contribution < -0.4 is 10.6 Å². The van der Waals surface area contributed by atoms with Crippen LogP contribution in [0.1, 0.15) is 24.5 Å². The largest absolute Gasteiger partial charge is 0.355 e. The summed E-state index contributed by atoms with van der Waals surface area (Å²) in [6.07, 6.45) is 1.64. The summed E-state index contributed by atoms with van der Waals surface area (Å²) in [5.41, 5.74) is 0.677. The topological polar surface area (TPSA) is 78.5 Å². The molecule has 0 saturated carbocycles. The molecular weight excluding hydrogens is 422 g/mol. The van der Waals surface area contributed by atoms with Crippen molar-refractivity contribution in [1.29, 1.82) is 0 Å². The molecule has 6 nitrogen and oxygen atoms in total. The van der Waals surface area contributed by atoms with Crippen molar-refractivity contribution in [3.63, 3.8) is 0 Å². The van der Waals surface area contributed by atoms with Gasteiger partial charge in [-0.3, -0.25) is 14.5 Å². The normalized spacial score (nSPS) is 18.9. The molecule has 1 fully saturated rings. The first-order valence-corrected chi connectivity index (χ1v) is 9.90. The molecule has 2 N–H and O–H groups in total. The van der Waals surface area contributed by atoms with Gasteiger partial charge in [-0.1, -0.05) is 58.4 Å². The van der Waals surface area contributed by atoms with Crippen LogP contribution in [0.4, 0.5) is 4.79 Å². The van der Waals surface area contributed by atoms with E-state index in [0.29, 0.717) is 12.1 Å². The summed E-state index contributed by atoms with van der Waals surface area (Å²) in [5, 5.41) is 5.48. The minimum atomic E-state index is -1.19. The molecular formula is C21H22BrN3O3. The molecule has 0 aromatic heterocycles. The lowest BCUT2D eigenvalue weighted by molar-refractivity contribution is -0.134. The predicted molar refractivity (Wildman–Crippen MR) is 110 cm³/mol. The third kappa shape index (κ3) is 4.42. The number of nitrogens with one attached hydrogen (secondary N) is 2. The average molecular weight is 444 g/mol. The molecule has 1 atom stereocenters. The van der Waals surface area contributed by atoms with Crippen LogP contribution in [-0.4, -0.2) is 35.8 Å². The van der Waals surface area contributed by atoms with Crippen LogP contribution in [0.2, 0.25) is 0 Å². The zero-order chi connectivity index (χ0) is 20.1. The summed E-state index contributed by atoms with van der Waals surface area (Å²) >= 11 is 3.37. The van der Waals surface area contributed by atoms with E-state index in [1.165, 1.54) is 5.56 Å². The van der Waals surface area contributed by atoms with E-state index in [1.54, 1.807) is 25.1 Å². The zero-order valence-corrected chi connectivity index (χ0v) is 17.2. The van der Waals surface area contributed by atoms with E-state index in [0.717, 1.165) is 22.2 Å². The molecule has 1 aliphatic heterocycles. The molecule has 0 bridgehead atoms. The van der Waals surface area contributed by atoms with Crippen LogP contribution in [0.3, 0.4) is 0 Å². The van der Waals surface area contributed by atoms with Gasteiger partial charge in [-0.15, -0.1) is 0 Å². The van der Waals surface area contributed by atoms with Crippen LogP contribution in [0.5, 0.6) is 0 Å². The molecule has 28 heavy (non-hydrogen) atoms. The van der Waals surface area contributed by atoms with Gasteiger partial charge in [0, 0.05) is 11.0 Å². The highest BCUT2D eigenvalue weighted by Crippen LogP contribution is 2.30. The summed E-state index contributed by atoms with van der Waals surface area (Å²) in [5.74, 6) is -0.787. The van der Waals surface area contributed by atoms with Crippen LogP contribution in [0.15, 0.2) is 59.1 Å². The molecule has 1 aliphatic rings. The number of aryl methyl sites for hydroxylation is 1. The Bertz CT molecular complexity index is 887. The number of rotatable bonds is 7. The van der Waals surface area contributed by atoms with Crippen molar-refractivity contribution in [2.24, 2.45) is 0 Å². The highest BCUT2D eigenvalue weighted by atomic mass is 79.9. The number of benzene rings is 2. The van der Waals surface area contributed by atoms with Gasteiger partial charge in [0.1, 0.15) is 12.1 Å². The average Bonchev–Trinajstić information content (AvgIpc) is 2.90. The van der Waals surface area contributed by atoms with Gasteiger partial charge in [0.15, 0.2) is 0 Å². The summed E-state index contributed by atoms with van der Waals surface area (Å²) in [6.45, 7) is 1.84. The molecule has 3 rings (SSSR count). The van der Waals surface area contributed by atoms with Gasteiger partial charge < -0.3 is 10.6 Å². The van der Waals surface area contributed by atoms with Gasteiger partial charge in [-0.25, -0.2) is 4.79 Å². The second-order valence-corrected chi connectivity index (χ2v) is 7.81. The summed E-state index contributed by atoms with van der Waals surface area (Å²) in [7, 11) is 0. The van der Waals surface area contributed by atoms with E-state index < -0.39 is 17.5 Å². The molecule has 2 aromatic rings. The molecule has 146 valence electrons. The fourth-order valence-electron chi connectivity index (χ4n) is 3.20. The van der Waals surface area contributed by atoms with Crippen molar-refractivity contribution >= 4 is 33.8 Å². The lowest BCUT2D eigenvalue weighted by Crippen LogP contribution is -2.43. The van der Waals surface area contributed by atoms with Crippen LogP contribution in [0.25, 0.3) is 0 Å². The molecule has 7 heteroatoms. The van der Waals surface area contributed by atoms with E-state index in [-0.39, 0.29) is 12.5 Å². The smallest absolute Gasteiger partial charge is 0.325 e. The maximum absolute atomic E-state index is 12.8. The van der Waals surface area contributed by atoms with E-state index in [2.05, 4.69) is 26.6 Å². The maximum atomic E-state index is 12.8.